The lowest BCUT2D eigenvalue weighted by atomic mass is 10.1. The van der Waals surface area contributed by atoms with E-state index in [1.807, 2.05) is 36.4 Å². The predicted molar refractivity (Wildman–Crippen MR) is 142 cm³/mol. The Balaban J connectivity index is 1.51. The predicted octanol–water partition coefficient (Wildman–Crippen LogP) is 6.17. The quantitative estimate of drug-likeness (QED) is 0.210. The second-order valence-corrected chi connectivity index (χ2v) is 8.33. The molecular formula is C30H29FN2O5. The molecule has 0 unspecified atom stereocenters. The number of halogens is 1. The zero-order valence-corrected chi connectivity index (χ0v) is 21.3. The van der Waals surface area contributed by atoms with Crippen molar-refractivity contribution in [3.05, 3.63) is 108 Å². The summed E-state index contributed by atoms with van der Waals surface area (Å²) in [6.07, 6.45) is 1.52. The number of carbonyl (C=O) groups is 1. The van der Waals surface area contributed by atoms with E-state index in [-0.39, 0.29) is 24.1 Å². The molecule has 3 aromatic carbocycles. The molecule has 8 heteroatoms. The average molecular weight is 517 g/mol. The zero-order chi connectivity index (χ0) is 26.7. The SMILES string of the molecule is COc1ccc(OCCOCc2ccccc2)c(CN(C(C)=O)c2cccnc2Oc2ccccc2F)c1. The van der Waals surface area contributed by atoms with Gasteiger partial charge in [0.1, 0.15) is 23.8 Å². The number of para-hydroxylation sites is 1. The van der Waals surface area contributed by atoms with E-state index in [0.29, 0.717) is 42.6 Å². The fraction of sp³-hybridized carbons (Fsp3) is 0.200. The maximum absolute atomic E-state index is 14.2. The lowest BCUT2D eigenvalue weighted by Crippen LogP contribution is -2.28. The molecule has 0 radical (unpaired) electrons. The van der Waals surface area contributed by atoms with Crippen LogP contribution in [-0.2, 0) is 22.7 Å². The summed E-state index contributed by atoms with van der Waals surface area (Å²) in [6, 6.07) is 24.7. The summed E-state index contributed by atoms with van der Waals surface area (Å²) in [5.41, 5.74) is 2.19. The van der Waals surface area contributed by atoms with Crippen molar-refractivity contribution in [1.82, 2.24) is 4.98 Å². The van der Waals surface area contributed by atoms with E-state index in [9.17, 15) is 9.18 Å². The van der Waals surface area contributed by atoms with Gasteiger partial charge in [-0.3, -0.25) is 4.79 Å². The second-order valence-electron chi connectivity index (χ2n) is 8.33. The number of carbonyl (C=O) groups excluding carboxylic acids is 1. The maximum Gasteiger partial charge on any atom is 0.243 e. The van der Waals surface area contributed by atoms with Crippen LogP contribution in [0, 0.1) is 5.82 Å². The van der Waals surface area contributed by atoms with Crippen LogP contribution in [0.1, 0.15) is 18.1 Å². The van der Waals surface area contributed by atoms with E-state index in [0.717, 1.165) is 5.56 Å². The minimum Gasteiger partial charge on any atom is -0.497 e. The summed E-state index contributed by atoms with van der Waals surface area (Å²) in [5, 5.41) is 0. The Hall–Kier alpha value is -4.43. The van der Waals surface area contributed by atoms with Gasteiger partial charge in [-0.05, 0) is 48.0 Å². The Morgan fingerprint density at radius 2 is 1.71 bits per heavy atom. The minimum atomic E-state index is -0.531. The smallest absolute Gasteiger partial charge is 0.243 e. The zero-order valence-electron chi connectivity index (χ0n) is 21.3. The Labute approximate surface area is 221 Å². The van der Waals surface area contributed by atoms with Crippen molar-refractivity contribution in [2.75, 3.05) is 25.2 Å². The number of pyridine rings is 1. The first-order chi connectivity index (χ1) is 18.5. The number of rotatable bonds is 12. The molecule has 0 bridgehead atoms. The van der Waals surface area contributed by atoms with Crippen molar-refractivity contribution in [2.24, 2.45) is 0 Å². The Morgan fingerprint density at radius 3 is 2.47 bits per heavy atom. The van der Waals surface area contributed by atoms with Gasteiger partial charge in [-0.25, -0.2) is 9.37 Å². The Kier molecular flexibility index (Phi) is 9.26. The van der Waals surface area contributed by atoms with Crippen molar-refractivity contribution in [3.8, 4) is 23.1 Å². The fourth-order valence-electron chi connectivity index (χ4n) is 3.76. The van der Waals surface area contributed by atoms with Crippen LogP contribution in [0.5, 0.6) is 23.1 Å². The van der Waals surface area contributed by atoms with Crippen molar-refractivity contribution < 1.29 is 28.1 Å². The van der Waals surface area contributed by atoms with Gasteiger partial charge < -0.3 is 23.8 Å². The number of nitrogens with zero attached hydrogens (tertiary/aromatic N) is 2. The average Bonchev–Trinajstić information content (AvgIpc) is 2.94. The van der Waals surface area contributed by atoms with Crippen molar-refractivity contribution in [1.29, 1.82) is 0 Å². The molecule has 0 saturated heterocycles. The van der Waals surface area contributed by atoms with E-state index in [1.165, 1.54) is 30.2 Å². The second kappa shape index (κ2) is 13.2. The number of amides is 1. The van der Waals surface area contributed by atoms with Gasteiger partial charge in [0.15, 0.2) is 11.6 Å². The van der Waals surface area contributed by atoms with Gasteiger partial charge in [-0.2, -0.15) is 0 Å². The highest BCUT2D eigenvalue weighted by Gasteiger charge is 2.21. The number of hydrogen-bond acceptors (Lipinski definition) is 6. The van der Waals surface area contributed by atoms with Crippen LogP contribution in [0.15, 0.2) is 91.1 Å². The standard InChI is InChI=1S/C30H29FN2O5/c1-22(34)33(27-12-8-16-32-30(27)38-29-13-7-6-11-26(29)31)20-24-19-25(35-2)14-15-28(24)37-18-17-36-21-23-9-4-3-5-10-23/h3-16,19H,17-18,20-21H2,1-2H3. The summed E-state index contributed by atoms with van der Waals surface area (Å²) in [4.78, 5) is 18.5. The lowest BCUT2D eigenvalue weighted by molar-refractivity contribution is -0.116. The van der Waals surface area contributed by atoms with E-state index in [1.54, 1.807) is 43.5 Å². The number of methoxy groups -OCH3 is 1. The number of anilines is 1. The number of hydrogen-bond donors (Lipinski definition) is 0. The highest BCUT2D eigenvalue weighted by atomic mass is 19.1. The van der Waals surface area contributed by atoms with Crippen LogP contribution in [0.2, 0.25) is 0 Å². The van der Waals surface area contributed by atoms with E-state index in [4.69, 9.17) is 18.9 Å². The van der Waals surface area contributed by atoms with Gasteiger partial charge >= 0.3 is 0 Å². The topological polar surface area (TPSA) is 70.1 Å². The van der Waals surface area contributed by atoms with E-state index >= 15 is 0 Å². The van der Waals surface area contributed by atoms with Crippen molar-refractivity contribution >= 4 is 11.6 Å². The number of benzene rings is 3. The Bertz CT molecular complexity index is 1350. The lowest BCUT2D eigenvalue weighted by Gasteiger charge is -2.24. The highest BCUT2D eigenvalue weighted by Crippen LogP contribution is 2.34. The van der Waals surface area contributed by atoms with Gasteiger partial charge in [0.25, 0.3) is 0 Å². The summed E-state index contributed by atoms with van der Waals surface area (Å²) in [5.74, 6) is 0.531. The van der Waals surface area contributed by atoms with Gasteiger partial charge in [0.2, 0.25) is 11.8 Å². The van der Waals surface area contributed by atoms with Gasteiger partial charge in [0, 0.05) is 18.7 Å². The van der Waals surface area contributed by atoms with Crippen LogP contribution in [0.3, 0.4) is 0 Å². The van der Waals surface area contributed by atoms with Crippen LogP contribution >= 0.6 is 0 Å². The maximum atomic E-state index is 14.2. The third kappa shape index (κ3) is 7.08. The van der Waals surface area contributed by atoms with Crippen LogP contribution < -0.4 is 19.1 Å². The third-order valence-electron chi connectivity index (χ3n) is 5.66. The molecule has 0 fully saturated rings. The molecule has 0 N–H and O–H groups in total. The first-order valence-corrected chi connectivity index (χ1v) is 12.1. The number of aromatic nitrogens is 1. The molecular weight excluding hydrogens is 487 g/mol. The first-order valence-electron chi connectivity index (χ1n) is 12.1. The summed E-state index contributed by atoms with van der Waals surface area (Å²) >= 11 is 0. The molecule has 4 aromatic rings. The minimum absolute atomic E-state index is 0.0110. The van der Waals surface area contributed by atoms with Crippen LogP contribution in [0.25, 0.3) is 0 Å². The molecule has 1 heterocycles. The van der Waals surface area contributed by atoms with Crippen LogP contribution in [0.4, 0.5) is 10.1 Å². The first kappa shape index (κ1) is 26.6. The van der Waals surface area contributed by atoms with Crippen molar-refractivity contribution in [3.63, 3.8) is 0 Å². The molecule has 1 aromatic heterocycles. The summed E-state index contributed by atoms with van der Waals surface area (Å²) in [7, 11) is 1.57. The molecule has 0 aliphatic heterocycles. The van der Waals surface area contributed by atoms with Gasteiger partial charge in [-0.15, -0.1) is 0 Å². The molecule has 0 atom stereocenters. The molecule has 0 saturated carbocycles. The van der Waals surface area contributed by atoms with Gasteiger partial charge in [-0.1, -0.05) is 42.5 Å². The van der Waals surface area contributed by atoms with Gasteiger partial charge in [0.05, 0.1) is 26.9 Å². The molecule has 38 heavy (non-hydrogen) atoms. The van der Waals surface area contributed by atoms with Crippen molar-refractivity contribution in [2.45, 2.75) is 20.1 Å². The molecule has 0 aliphatic carbocycles. The monoisotopic (exact) mass is 516 g/mol. The Morgan fingerprint density at radius 1 is 0.921 bits per heavy atom. The molecule has 4 rings (SSSR count). The number of ether oxygens (including phenoxy) is 4. The third-order valence-corrected chi connectivity index (χ3v) is 5.66. The summed E-state index contributed by atoms with van der Waals surface area (Å²) in [6.45, 7) is 2.79. The van der Waals surface area contributed by atoms with E-state index < -0.39 is 5.82 Å². The highest BCUT2D eigenvalue weighted by molar-refractivity contribution is 5.92. The molecule has 196 valence electrons. The largest absolute Gasteiger partial charge is 0.497 e. The summed E-state index contributed by atoms with van der Waals surface area (Å²) < 4.78 is 37.2. The van der Waals surface area contributed by atoms with Crippen LogP contribution in [-0.4, -0.2) is 31.2 Å². The molecule has 0 spiro atoms. The fourth-order valence-corrected chi connectivity index (χ4v) is 3.76. The van der Waals surface area contributed by atoms with E-state index in [2.05, 4.69) is 4.98 Å². The molecule has 0 aliphatic rings. The normalized spacial score (nSPS) is 10.6. The molecule has 1 amide bonds. The molecule has 7 nitrogen and oxygen atoms in total.